The topological polar surface area (TPSA) is 111 Å². The zero-order valence-corrected chi connectivity index (χ0v) is 22.8. The molecule has 0 bridgehead atoms. The Kier molecular flexibility index (Phi) is 7.05. The molecule has 202 valence electrons. The molecule has 0 radical (unpaired) electrons. The molecule has 5 rings (SSSR count). The standard InChI is InChI=1S/C31H32N2O6/c1-5-7-9-31(10-8-6-2)25-12-20-14-28(33-39-18(4)35)29(36)21(20)15-24(25)23-11-19-13-27(32-38-17(3)34)30(37)22(19)16-26(23)31/h11-12,15-16H,5-10,13-14H2,1-4H3/b32-27-,33-28-. The molecule has 0 aromatic heterocycles. The van der Waals surface area contributed by atoms with Crippen LogP contribution < -0.4 is 0 Å². The number of unbranched alkanes of at least 4 members (excludes halogenated alkanes) is 2. The molecule has 8 nitrogen and oxygen atoms in total. The first-order valence-corrected chi connectivity index (χ1v) is 13.6. The summed E-state index contributed by atoms with van der Waals surface area (Å²) in [5, 5.41) is 7.65. The fraction of sp³-hybridized carbons (Fsp3) is 0.419. The second kappa shape index (κ2) is 10.3. The molecule has 0 spiro atoms. The number of oxime groups is 2. The Hall–Kier alpha value is -3.94. The van der Waals surface area contributed by atoms with Crippen molar-refractivity contribution in [1.82, 2.24) is 0 Å². The summed E-state index contributed by atoms with van der Waals surface area (Å²) in [5.41, 5.74) is 7.36. The molecule has 0 saturated heterocycles. The van der Waals surface area contributed by atoms with E-state index in [0.717, 1.165) is 66.3 Å². The zero-order valence-electron chi connectivity index (χ0n) is 22.8. The van der Waals surface area contributed by atoms with E-state index in [-0.39, 0.29) is 34.8 Å². The van der Waals surface area contributed by atoms with Crippen molar-refractivity contribution in [2.75, 3.05) is 0 Å². The summed E-state index contributed by atoms with van der Waals surface area (Å²) in [6.07, 6.45) is 6.54. The molecule has 0 heterocycles. The molecular formula is C31H32N2O6. The lowest BCUT2D eigenvalue weighted by Gasteiger charge is -2.33. The smallest absolute Gasteiger partial charge is 0.318 e. The molecule has 0 unspecified atom stereocenters. The summed E-state index contributed by atoms with van der Waals surface area (Å²) in [6.45, 7) is 6.85. The van der Waals surface area contributed by atoms with Crippen molar-refractivity contribution < 1.29 is 28.9 Å². The van der Waals surface area contributed by atoms with Crippen LogP contribution in [0.15, 0.2) is 34.6 Å². The van der Waals surface area contributed by atoms with Crippen LogP contribution in [0.25, 0.3) is 11.1 Å². The van der Waals surface area contributed by atoms with Gasteiger partial charge in [0.2, 0.25) is 11.6 Å². The van der Waals surface area contributed by atoms with Crippen molar-refractivity contribution >= 4 is 34.9 Å². The van der Waals surface area contributed by atoms with Gasteiger partial charge in [0.05, 0.1) is 0 Å². The van der Waals surface area contributed by atoms with Gasteiger partial charge in [-0.15, -0.1) is 0 Å². The maximum atomic E-state index is 13.3. The summed E-state index contributed by atoms with van der Waals surface area (Å²) >= 11 is 0. The minimum Gasteiger partial charge on any atom is -0.318 e. The van der Waals surface area contributed by atoms with Crippen LogP contribution in [-0.2, 0) is 37.5 Å². The molecule has 2 aromatic carbocycles. The van der Waals surface area contributed by atoms with Crippen molar-refractivity contribution in [3.05, 3.63) is 57.6 Å². The number of nitrogens with zero attached hydrogens (tertiary/aromatic N) is 2. The Labute approximate surface area is 227 Å². The number of fused-ring (bicyclic) bond motifs is 5. The predicted octanol–water partition coefficient (Wildman–Crippen LogP) is 5.65. The minimum absolute atomic E-state index is 0.214. The summed E-state index contributed by atoms with van der Waals surface area (Å²) in [5.74, 6) is -1.59. The van der Waals surface area contributed by atoms with Crippen LogP contribution in [0.4, 0.5) is 0 Å². The van der Waals surface area contributed by atoms with E-state index >= 15 is 0 Å². The Morgan fingerprint density at radius 1 is 0.718 bits per heavy atom. The van der Waals surface area contributed by atoms with Crippen LogP contribution in [0, 0.1) is 0 Å². The highest BCUT2D eigenvalue weighted by Crippen LogP contribution is 2.56. The van der Waals surface area contributed by atoms with Gasteiger partial charge in [-0.3, -0.25) is 9.59 Å². The summed E-state index contributed by atoms with van der Waals surface area (Å²) in [6, 6.07) is 8.18. The fourth-order valence-corrected chi connectivity index (χ4v) is 6.23. The van der Waals surface area contributed by atoms with Crippen molar-refractivity contribution in [2.45, 2.75) is 84.5 Å². The van der Waals surface area contributed by atoms with Crippen molar-refractivity contribution in [1.29, 1.82) is 0 Å². The average Bonchev–Trinajstić information content (AvgIpc) is 3.48. The molecule has 0 atom stereocenters. The van der Waals surface area contributed by atoms with Crippen molar-refractivity contribution in [3.8, 4) is 11.1 Å². The number of hydrogen-bond donors (Lipinski definition) is 0. The summed E-state index contributed by atoms with van der Waals surface area (Å²) < 4.78 is 0. The van der Waals surface area contributed by atoms with Gasteiger partial charge in [0, 0.05) is 43.2 Å². The van der Waals surface area contributed by atoms with Gasteiger partial charge in [-0.1, -0.05) is 55.9 Å². The third-order valence-electron chi connectivity index (χ3n) is 8.02. The van der Waals surface area contributed by atoms with Crippen LogP contribution in [0.3, 0.4) is 0 Å². The van der Waals surface area contributed by atoms with Gasteiger partial charge in [0.25, 0.3) is 0 Å². The lowest BCUT2D eigenvalue weighted by Crippen LogP contribution is -2.26. The van der Waals surface area contributed by atoms with Crippen LogP contribution in [0.5, 0.6) is 0 Å². The fourth-order valence-electron chi connectivity index (χ4n) is 6.23. The van der Waals surface area contributed by atoms with Gasteiger partial charge in [-0.2, -0.15) is 0 Å². The molecule has 0 amide bonds. The van der Waals surface area contributed by atoms with Crippen LogP contribution in [0.1, 0.15) is 109 Å². The van der Waals surface area contributed by atoms with E-state index in [0.29, 0.717) is 17.5 Å². The molecule has 3 aliphatic rings. The monoisotopic (exact) mass is 528 g/mol. The number of ketones is 2. The van der Waals surface area contributed by atoms with Gasteiger partial charge in [-0.05, 0) is 64.4 Å². The van der Waals surface area contributed by atoms with Gasteiger partial charge >= 0.3 is 11.9 Å². The van der Waals surface area contributed by atoms with E-state index in [1.807, 2.05) is 12.1 Å². The van der Waals surface area contributed by atoms with E-state index < -0.39 is 11.9 Å². The Morgan fingerprint density at radius 3 is 1.69 bits per heavy atom. The first-order valence-electron chi connectivity index (χ1n) is 13.6. The first kappa shape index (κ1) is 26.7. The molecule has 0 fully saturated rings. The third-order valence-corrected chi connectivity index (χ3v) is 8.02. The average molecular weight is 529 g/mol. The maximum absolute atomic E-state index is 13.3. The number of carbonyl (C=O) groups excluding carboxylic acids is 4. The quantitative estimate of drug-likeness (QED) is 0.323. The largest absolute Gasteiger partial charge is 0.331 e. The second-order valence-electron chi connectivity index (χ2n) is 10.7. The highest BCUT2D eigenvalue weighted by molar-refractivity contribution is 6.50. The molecule has 0 aliphatic heterocycles. The highest BCUT2D eigenvalue weighted by Gasteiger charge is 2.45. The van der Waals surface area contributed by atoms with E-state index in [9.17, 15) is 19.2 Å². The lowest BCUT2D eigenvalue weighted by molar-refractivity contribution is -0.141. The van der Waals surface area contributed by atoms with E-state index in [1.165, 1.54) is 19.4 Å². The maximum Gasteiger partial charge on any atom is 0.331 e. The molecule has 3 aliphatic carbocycles. The minimum atomic E-state index is -0.573. The molecular weight excluding hydrogens is 496 g/mol. The van der Waals surface area contributed by atoms with Crippen molar-refractivity contribution in [3.63, 3.8) is 0 Å². The lowest BCUT2D eigenvalue weighted by atomic mass is 9.70. The third kappa shape index (κ3) is 4.51. The summed E-state index contributed by atoms with van der Waals surface area (Å²) in [4.78, 5) is 58.6. The van der Waals surface area contributed by atoms with E-state index in [1.54, 1.807) is 0 Å². The number of Topliss-reactive ketones (excluding diaryl/α,β-unsaturated/α-hetero) is 2. The zero-order chi connectivity index (χ0) is 27.9. The molecule has 2 aromatic rings. The second-order valence-corrected chi connectivity index (χ2v) is 10.7. The van der Waals surface area contributed by atoms with E-state index in [2.05, 4.69) is 36.3 Å². The SMILES string of the molecule is CCCCC1(CCCC)c2cc3c(cc2-c2cc4c(cc21)C(=O)/C(=N\OC(C)=O)C4)C(=O)/C(=N\OC(C)=O)C3. The van der Waals surface area contributed by atoms with Gasteiger partial charge in [0.15, 0.2) is 0 Å². The number of rotatable bonds is 8. The normalized spacial score (nSPS) is 18.3. The van der Waals surface area contributed by atoms with Crippen LogP contribution in [0.2, 0.25) is 0 Å². The van der Waals surface area contributed by atoms with Crippen molar-refractivity contribution in [2.24, 2.45) is 10.3 Å². The molecule has 0 saturated carbocycles. The molecule has 8 heteroatoms. The molecule has 39 heavy (non-hydrogen) atoms. The summed E-state index contributed by atoms with van der Waals surface area (Å²) in [7, 11) is 0. The number of carbonyl (C=O) groups is 4. The number of hydrogen-bond acceptors (Lipinski definition) is 8. The molecule has 0 N–H and O–H groups in total. The Morgan fingerprint density at radius 2 is 1.18 bits per heavy atom. The van der Waals surface area contributed by atoms with Gasteiger partial charge < -0.3 is 9.68 Å². The van der Waals surface area contributed by atoms with E-state index in [4.69, 9.17) is 9.68 Å². The van der Waals surface area contributed by atoms with Gasteiger partial charge in [0.1, 0.15) is 11.4 Å². The Balaban J connectivity index is 1.68. The Bertz CT molecular complexity index is 1470. The van der Waals surface area contributed by atoms with Gasteiger partial charge in [-0.25, -0.2) is 9.59 Å². The highest BCUT2D eigenvalue weighted by atomic mass is 16.7. The van der Waals surface area contributed by atoms with Crippen LogP contribution >= 0.6 is 0 Å². The predicted molar refractivity (Wildman–Crippen MR) is 146 cm³/mol. The first-order chi connectivity index (χ1) is 18.7. The van der Waals surface area contributed by atoms with Crippen LogP contribution in [-0.4, -0.2) is 34.9 Å². The number of benzene rings is 2.